The molecule has 1 N–H and O–H groups in total. The molecule has 0 radical (unpaired) electrons. The summed E-state index contributed by atoms with van der Waals surface area (Å²) in [6, 6.07) is 20.8. The van der Waals surface area contributed by atoms with Crippen molar-refractivity contribution < 1.29 is 13.9 Å². The number of rotatable bonds is 7. The molecule has 158 valence electrons. The molecule has 0 bridgehead atoms. The molecule has 0 spiro atoms. The van der Waals surface area contributed by atoms with Crippen LogP contribution in [0.15, 0.2) is 71.1 Å². The number of benzene rings is 3. The first kappa shape index (κ1) is 20.9. The van der Waals surface area contributed by atoms with Crippen LogP contribution in [0, 0.1) is 0 Å². The maximum absolute atomic E-state index is 12.1. The molecule has 0 saturated carbocycles. The van der Waals surface area contributed by atoms with Crippen LogP contribution < -0.4 is 10.1 Å². The molecule has 4 rings (SSSR count). The van der Waals surface area contributed by atoms with Crippen LogP contribution in [0.2, 0.25) is 5.02 Å². The molecule has 0 aliphatic heterocycles. The number of amides is 1. The third kappa shape index (κ3) is 5.25. The number of nitrogens with zero attached hydrogens (tertiary/aromatic N) is 1. The summed E-state index contributed by atoms with van der Waals surface area (Å²) in [4.78, 5) is 16.8. The Balaban J connectivity index is 1.35. The van der Waals surface area contributed by atoms with Gasteiger partial charge in [-0.3, -0.25) is 4.79 Å². The first-order valence-corrected chi connectivity index (χ1v) is 10.5. The second kappa shape index (κ2) is 9.23. The third-order valence-electron chi connectivity index (χ3n) is 4.91. The zero-order valence-corrected chi connectivity index (χ0v) is 18.1. The average Bonchev–Trinajstić information content (AvgIpc) is 3.16. The molecule has 0 aliphatic rings. The zero-order valence-electron chi connectivity index (χ0n) is 17.4. The summed E-state index contributed by atoms with van der Waals surface area (Å²) in [5.41, 5.74) is 4.65. The van der Waals surface area contributed by atoms with E-state index in [4.69, 9.17) is 20.8 Å². The van der Waals surface area contributed by atoms with Gasteiger partial charge in [0.15, 0.2) is 18.1 Å². The van der Waals surface area contributed by atoms with Crippen LogP contribution in [0.3, 0.4) is 0 Å². The van der Waals surface area contributed by atoms with E-state index in [2.05, 4.69) is 36.3 Å². The van der Waals surface area contributed by atoms with E-state index in [1.807, 2.05) is 30.3 Å². The predicted octanol–water partition coefficient (Wildman–Crippen LogP) is 6.21. The summed E-state index contributed by atoms with van der Waals surface area (Å²) in [5, 5.41) is 3.29. The van der Waals surface area contributed by atoms with Gasteiger partial charge in [0.25, 0.3) is 5.91 Å². The highest BCUT2D eigenvalue weighted by Gasteiger charge is 2.10. The van der Waals surface area contributed by atoms with Crippen molar-refractivity contribution in [1.82, 2.24) is 4.98 Å². The lowest BCUT2D eigenvalue weighted by Gasteiger charge is -2.09. The van der Waals surface area contributed by atoms with E-state index in [0.717, 1.165) is 16.7 Å². The maximum atomic E-state index is 12.1. The zero-order chi connectivity index (χ0) is 21.8. The summed E-state index contributed by atoms with van der Waals surface area (Å²) in [7, 11) is 0. The number of oxazole rings is 1. The molecule has 0 aliphatic carbocycles. The number of hydrogen-bond acceptors (Lipinski definition) is 4. The van der Waals surface area contributed by atoms with Gasteiger partial charge in [-0.05, 0) is 53.4 Å². The molecule has 4 aromatic rings. The van der Waals surface area contributed by atoms with Gasteiger partial charge in [-0.25, -0.2) is 4.98 Å². The summed E-state index contributed by atoms with van der Waals surface area (Å²) in [6.45, 7) is 4.20. The molecule has 0 fully saturated rings. The summed E-state index contributed by atoms with van der Waals surface area (Å²) < 4.78 is 11.3. The minimum Gasteiger partial charge on any atom is -0.482 e. The van der Waals surface area contributed by atoms with E-state index < -0.39 is 0 Å². The van der Waals surface area contributed by atoms with Gasteiger partial charge in [0.2, 0.25) is 0 Å². The second-order valence-electron chi connectivity index (χ2n) is 7.63. The van der Waals surface area contributed by atoms with Crippen LogP contribution in [0.1, 0.15) is 36.8 Å². The van der Waals surface area contributed by atoms with Crippen molar-refractivity contribution in [3.05, 3.63) is 88.8 Å². The van der Waals surface area contributed by atoms with E-state index in [1.165, 1.54) is 5.56 Å². The Morgan fingerprint density at radius 3 is 2.61 bits per heavy atom. The minimum atomic E-state index is -0.257. The normalized spacial score (nSPS) is 11.1. The third-order valence-corrected chi connectivity index (χ3v) is 5.22. The first-order chi connectivity index (χ1) is 15.0. The number of anilines is 1. The number of para-hydroxylation sites is 1. The smallest absolute Gasteiger partial charge is 0.262 e. The molecule has 0 atom stereocenters. The van der Waals surface area contributed by atoms with E-state index in [1.54, 1.807) is 24.3 Å². The number of hydrogen-bond donors (Lipinski definition) is 1. The highest BCUT2D eigenvalue weighted by Crippen LogP contribution is 2.24. The fourth-order valence-corrected chi connectivity index (χ4v) is 3.40. The largest absolute Gasteiger partial charge is 0.482 e. The van der Waals surface area contributed by atoms with Crippen molar-refractivity contribution in [2.24, 2.45) is 0 Å². The van der Waals surface area contributed by atoms with Gasteiger partial charge in [-0.2, -0.15) is 0 Å². The van der Waals surface area contributed by atoms with Crippen molar-refractivity contribution in [2.45, 2.75) is 26.2 Å². The average molecular weight is 435 g/mol. The molecular formula is C25H23ClN2O3. The Morgan fingerprint density at radius 1 is 1.10 bits per heavy atom. The van der Waals surface area contributed by atoms with Crippen molar-refractivity contribution in [3.8, 4) is 5.75 Å². The number of carbonyl (C=O) groups is 1. The van der Waals surface area contributed by atoms with Crippen LogP contribution in [0.4, 0.5) is 5.69 Å². The summed E-state index contributed by atoms with van der Waals surface area (Å²) in [5.74, 6) is 1.34. The lowest BCUT2D eigenvalue weighted by molar-refractivity contribution is -0.118. The fourth-order valence-electron chi connectivity index (χ4n) is 3.21. The van der Waals surface area contributed by atoms with E-state index in [9.17, 15) is 4.79 Å². The number of nitrogens with one attached hydrogen (secondary N) is 1. The van der Waals surface area contributed by atoms with Crippen molar-refractivity contribution >= 4 is 34.3 Å². The monoisotopic (exact) mass is 434 g/mol. The van der Waals surface area contributed by atoms with Crippen molar-refractivity contribution in [1.29, 1.82) is 0 Å². The Labute approximate surface area is 186 Å². The molecule has 31 heavy (non-hydrogen) atoms. The summed E-state index contributed by atoms with van der Waals surface area (Å²) in [6.07, 6.45) is 0.579. The molecule has 5 nitrogen and oxygen atoms in total. The van der Waals surface area contributed by atoms with Crippen LogP contribution in [-0.2, 0) is 11.2 Å². The van der Waals surface area contributed by atoms with Crippen molar-refractivity contribution in [3.63, 3.8) is 0 Å². The maximum Gasteiger partial charge on any atom is 0.262 e. The highest BCUT2D eigenvalue weighted by atomic mass is 35.5. The first-order valence-electron chi connectivity index (χ1n) is 10.1. The van der Waals surface area contributed by atoms with Crippen LogP contribution >= 0.6 is 11.6 Å². The van der Waals surface area contributed by atoms with Gasteiger partial charge < -0.3 is 14.5 Å². The molecule has 3 aromatic carbocycles. The Morgan fingerprint density at radius 2 is 1.87 bits per heavy atom. The molecule has 6 heteroatoms. The second-order valence-corrected chi connectivity index (χ2v) is 8.04. The molecule has 1 amide bonds. The topological polar surface area (TPSA) is 64.4 Å². The fraction of sp³-hybridized carbons (Fsp3) is 0.200. The van der Waals surface area contributed by atoms with E-state index in [0.29, 0.717) is 34.7 Å². The number of aromatic nitrogens is 1. The van der Waals surface area contributed by atoms with Gasteiger partial charge >= 0.3 is 0 Å². The Kier molecular flexibility index (Phi) is 6.23. The highest BCUT2D eigenvalue weighted by molar-refractivity contribution is 6.32. The predicted molar refractivity (Wildman–Crippen MR) is 123 cm³/mol. The lowest BCUT2D eigenvalue weighted by atomic mass is 10.0. The molecular weight excluding hydrogens is 412 g/mol. The Bertz CT molecular complexity index is 1200. The SMILES string of the molecule is CC(C)c1ccc2oc(Cc3ccc(NC(=O)COc4ccccc4Cl)cc3)nc2c1. The van der Waals surface area contributed by atoms with E-state index >= 15 is 0 Å². The number of carbonyl (C=O) groups excluding carboxylic acids is 1. The van der Waals surface area contributed by atoms with Gasteiger partial charge in [0.1, 0.15) is 11.3 Å². The summed E-state index contributed by atoms with van der Waals surface area (Å²) >= 11 is 6.03. The number of halogens is 1. The molecule has 0 unspecified atom stereocenters. The van der Waals surface area contributed by atoms with Gasteiger partial charge in [-0.1, -0.05) is 55.8 Å². The van der Waals surface area contributed by atoms with Crippen molar-refractivity contribution in [2.75, 3.05) is 11.9 Å². The van der Waals surface area contributed by atoms with Gasteiger partial charge in [0.05, 0.1) is 5.02 Å². The number of fused-ring (bicyclic) bond motifs is 1. The van der Waals surface area contributed by atoms with Gasteiger partial charge in [-0.15, -0.1) is 0 Å². The van der Waals surface area contributed by atoms with Crippen LogP contribution in [-0.4, -0.2) is 17.5 Å². The standard InChI is InChI=1S/C25H23ClN2O3/c1-16(2)18-9-12-23-21(14-18)28-25(31-23)13-17-7-10-19(11-8-17)27-24(29)15-30-22-6-4-3-5-20(22)26/h3-12,14,16H,13,15H2,1-2H3,(H,27,29). The Hall–Kier alpha value is -3.31. The lowest BCUT2D eigenvalue weighted by Crippen LogP contribution is -2.20. The number of ether oxygens (including phenoxy) is 1. The minimum absolute atomic E-state index is 0.118. The molecule has 0 saturated heterocycles. The van der Waals surface area contributed by atoms with Crippen LogP contribution in [0.5, 0.6) is 5.75 Å². The van der Waals surface area contributed by atoms with E-state index in [-0.39, 0.29) is 12.5 Å². The van der Waals surface area contributed by atoms with Gasteiger partial charge in [0, 0.05) is 12.1 Å². The molecule has 1 aromatic heterocycles. The quantitative estimate of drug-likeness (QED) is 0.375. The van der Waals surface area contributed by atoms with Crippen LogP contribution in [0.25, 0.3) is 11.1 Å². The molecule has 1 heterocycles.